The first-order chi connectivity index (χ1) is 10.8. The van der Waals surface area contributed by atoms with Gasteiger partial charge in [0.1, 0.15) is 6.33 Å². The normalized spacial score (nSPS) is 10.4. The van der Waals surface area contributed by atoms with Gasteiger partial charge in [-0.1, -0.05) is 42.1 Å². The smallest absolute Gasteiger partial charge is 0.195 e. The number of thioether (sulfide) groups is 1. The molecule has 3 aromatic rings. The van der Waals surface area contributed by atoms with Gasteiger partial charge in [0.05, 0.1) is 17.3 Å². The summed E-state index contributed by atoms with van der Waals surface area (Å²) in [5.41, 5.74) is 4.11. The Morgan fingerprint density at radius 2 is 1.91 bits per heavy atom. The molecule has 0 radical (unpaired) electrons. The molecular formula is C17H14N4S. The van der Waals surface area contributed by atoms with Crippen LogP contribution in [0.15, 0.2) is 60.0 Å². The van der Waals surface area contributed by atoms with Gasteiger partial charge in [-0.15, -0.1) is 10.2 Å². The van der Waals surface area contributed by atoms with Crippen molar-refractivity contribution in [3.8, 4) is 11.8 Å². The monoisotopic (exact) mass is 306 g/mol. The lowest BCUT2D eigenvalue weighted by atomic mass is 10.2. The van der Waals surface area contributed by atoms with Crippen LogP contribution in [0.4, 0.5) is 0 Å². The summed E-state index contributed by atoms with van der Waals surface area (Å²) in [6.07, 6.45) is 1.74. The number of nitrogens with zero attached hydrogens (tertiary/aromatic N) is 4. The van der Waals surface area contributed by atoms with E-state index < -0.39 is 0 Å². The fourth-order valence-corrected chi connectivity index (χ4v) is 3.02. The summed E-state index contributed by atoms with van der Waals surface area (Å²) in [4.78, 5) is 0. The molecule has 0 aliphatic rings. The van der Waals surface area contributed by atoms with E-state index in [0.29, 0.717) is 5.56 Å². The van der Waals surface area contributed by atoms with Gasteiger partial charge in [0.25, 0.3) is 0 Å². The van der Waals surface area contributed by atoms with E-state index in [-0.39, 0.29) is 0 Å². The Morgan fingerprint density at radius 3 is 2.64 bits per heavy atom. The van der Waals surface area contributed by atoms with Gasteiger partial charge in [0, 0.05) is 5.75 Å². The van der Waals surface area contributed by atoms with E-state index in [2.05, 4.69) is 35.3 Å². The molecule has 0 unspecified atom stereocenters. The maximum absolute atomic E-state index is 8.82. The molecule has 2 aromatic carbocycles. The van der Waals surface area contributed by atoms with E-state index in [1.807, 2.05) is 41.0 Å². The lowest BCUT2D eigenvalue weighted by molar-refractivity contribution is 0.878. The van der Waals surface area contributed by atoms with Gasteiger partial charge < -0.3 is 0 Å². The molecule has 0 spiro atoms. The summed E-state index contributed by atoms with van der Waals surface area (Å²) in [7, 11) is 0. The summed E-state index contributed by atoms with van der Waals surface area (Å²) in [6.45, 7) is 2.07. The van der Waals surface area contributed by atoms with Gasteiger partial charge in [-0.3, -0.25) is 4.57 Å². The van der Waals surface area contributed by atoms with E-state index in [0.717, 1.165) is 22.2 Å². The van der Waals surface area contributed by atoms with Crippen LogP contribution in [0, 0.1) is 18.3 Å². The van der Waals surface area contributed by atoms with Crippen LogP contribution in [0.2, 0.25) is 0 Å². The Hall–Kier alpha value is -2.58. The van der Waals surface area contributed by atoms with Crippen LogP contribution in [-0.2, 0) is 5.75 Å². The zero-order valence-electron chi connectivity index (χ0n) is 12.1. The second-order valence-corrected chi connectivity index (χ2v) is 5.81. The number of aromatic nitrogens is 3. The standard InChI is InChI=1S/C17H14N4S/c1-13-4-2-3-5-16(13)21-12-19-20-17(21)22-11-15-8-6-14(10-18)7-9-15/h2-9,12H,11H2,1H3. The molecule has 0 fully saturated rings. The third-order valence-electron chi connectivity index (χ3n) is 3.34. The molecule has 0 aliphatic heterocycles. The SMILES string of the molecule is Cc1ccccc1-n1cnnc1SCc1ccc(C#N)cc1. The average molecular weight is 306 g/mol. The van der Waals surface area contributed by atoms with Gasteiger partial charge in [-0.25, -0.2) is 0 Å². The zero-order chi connectivity index (χ0) is 15.4. The summed E-state index contributed by atoms with van der Waals surface area (Å²) >= 11 is 1.63. The summed E-state index contributed by atoms with van der Waals surface area (Å²) in [5.74, 6) is 0.788. The van der Waals surface area contributed by atoms with Gasteiger partial charge in [-0.05, 0) is 36.2 Å². The fourth-order valence-electron chi connectivity index (χ4n) is 2.15. The van der Waals surface area contributed by atoms with E-state index in [4.69, 9.17) is 5.26 Å². The summed E-state index contributed by atoms with van der Waals surface area (Å²) in [6, 6.07) is 17.9. The fraction of sp³-hybridized carbons (Fsp3) is 0.118. The van der Waals surface area contributed by atoms with Crippen LogP contribution in [0.25, 0.3) is 5.69 Å². The highest BCUT2D eigenvalue weighted by atomic mass is 32.2. The highest BCUT2D eigenvalue weighted by Crippen LogP contribution is 2.24. The topological polar surface area (TPSA) is 54.5 Å². The number of aryl methyl sites for hydroxylation is 1. The first-order valence-corrected chi connectivity index (χ1v) is 7.84. The zero-order valence-corrected chi connectivity index (χ0v) is 12.9. The first-order valence-electron chi connectivity index (χ1n) is 6.86. The quantitative estimate of drug-likeness (QED) is 0.689. The minimum Gasteiger partial charge on any atom is -0.276 e. The number of para-hydroxylation sites is 1. The Labute approximate surface area is 133 Å². The van der Waals surface area contributed by atoms with E-state index in [1.165, 1.54) is 5.56 Å². The van der Waals surface area contributed by atoms with Crippen LogP contribution in [0.5, 0.6) is 0 Å². The highest BCUT2D eigenvalue weighted by molar-refractivity contribution is 7.98. The average Bonchev–Trinajstić information content (AvgIpc) is 3.02. The van der Waals surface area contributed by atoms with E-state index in [1.54, 1.807) is 18.1 Å². The van der Waals surface area contributed by atoms with Crippen molar-refractivity contribution in [2.24, 2.45) is 0 Å². The first kappa shape index (κ1) is 14.4. The van der Waals surface area contributed by atoms with Crippen LogP contribution < -0.4 is 0 Å². The summed E-state index contributed by atoms with van der Waals surface area (Å²) < 4.78 is 2.00. The third-order valence-corrected chi connectivity index (χ3v) is 4.36. The number of benzene rings is 2. The van der Waals surface area contributed by atoms with Crippen molar-refractivity contribution in [3.05, 3.63) is 71.5 Å². The highest BCUT2D eigenvalue weighted by Gasteiger charge is 2.09. The van der Waals surface area contributed by atoms with Gasteiger partial charge in [0.2, 0.25) is 0 Å². The minimum absolute atomic E-state index is 0.678. The van der Waals surface area contributed by atoms with Crippen molar-refractivity contribution < 1.29 is 0 Å². The number of rotatable bonds is 4. The molecule has 4 nitrogen and oxygen atoms in total. The molecule has 0 saturated carbocycles. The number of hydrogen-bond donors (Lipinski definition) is 0. The molecule has 3 rings (SSSR count). The van der Waals surface area contributed by atoms with Gasteiger partial charge >= 0.3 is 0 Å². The minimum atomic E-state index is 0.678. The third kappa shape index (κ3) is 3.02. The van der Waals surface area contributed by atoms with Gasteiger partial charge in [0.15, 0.2) is 5.16 Å². The van der Waals surface area contributed by atoms with Crippen LogP contribution in [0.3, 0.4) is 0 Å². The van der Waals surface area contributed by atoms with Crippen molar-refractivity contribution in [2.45, 2.75) is 17.8 Å². The largest absolute Gasteiger partial charge is 0.276 e. The molecule has 0 amide bonds. The molecule has 0 N–H and O–H groups in total. The molecule has 22 heavy (non-hydrogen) atoms. The molecule has 5 heteroatoms. The molecule has 0 saturated heterocycles. The molecule has 0 atom stereocenters. The molecular weight excluding hydrogens is 292 g/mol. The van der Waals surface area contributed by atoms with Crippen LogP contribution >= 0.6 is 11.8 Å². The van der Waals surface area contributed by atoms with Crippen LogP contribution in [0.1, 0.15) is 16.7 Å². The van der Waals surface area contributed by atoms with Crippen molar-refractivity contribution in [1.82, 2.24) is 14.8 Å². The molecule has 1 aromatic heterocycles. The Bertz CT molecular complexity index is 815. The van der Waals surface area contributed by atoms with Gasteiger partial charge in [-0.2, -0.15) is 5.26 Å². The van der Waals surface area contributed by atoms with E-state index in [9.17, 15) is 0 Å². The van der Waals surface area contributed by atoms with Crippen molar-refractivity contribution in [3.63, 3.8) is 0 Å². The molecule has 108 valence electrons. The summed E-state index contributed by atoms with van der Waals surface area (Å²) in [5, 5.41) is 17.9. The number of nitriles is 1. The predicted molar refractivity (Wildman–Crippen MR) is 86.8 cm³/mol. The lowest BCUT2D eigenvalue weighted by Gasteiger charge is -2.09. The predicted octanol–water partition coefficient (Wildman–Crippen LogP) is 3.74. The molecule has 0 bridgehead atoms. The van der Waals surface area contributed by atoms with Crippen molar-refractivity contribution in [2.75, 3.05) is 0 Å². The van der Waals surface area contributed by atoms with Crippen LogP contribution in [-0.4, -0.2) is 14.8 Å². The Balaban J connectivity index is 1.78. The lowest BCUT2D eigenvalue weighted by Crippen LogP contribution is -1.97. The number of hydrogen-bond acceptors (Lipinski definition) is 4. The Morgan fingerprint density at radius 1 is 1.14 bits per heavy atom. The Kier molecular flexibility index (Phi) is 4.22. The maximum Gasteiger partial charge on any atom is 0.195 e. The second kappa shape index (κ2) is 6.46. The van der Waals surface area contributed by atoms with E-state index >= 15 is 0 Å². The second-order valence-electron chi connectivity index (χ2n) is 4.87. The maximum atomic E-state index is 8.82. The van der Waals surface area contributed by atoms with Crippen molar-refractivity contribution >= 4 is 11.8 Å². The van der Waals surface area contributed by atoms with Crippen molar-refractivity contribution in [1.29, 1.82) is 5.26 Å². The molecule has 0 aliphatic carbocycles. The molecule has 1 heterocycles.